The SMILES string of the molecule is COC(CCCC1=C2CCC(C)C2(C)CCC1=O)OC. The Kier molecular flexibility index (Phi) is 5.03. The van der Waals surface area contributed by atoms with Gasteiger partial charge in [0.1, 0.15) is 0 Å². The van der Waals surface area contributed by atoms with Crippen LogP contribution in [0.25, 0.3) is 0 Å². The van der Waals surface area contributed by atoms with E-state index in [1.807, 2.05) is 0 Å². The van der Waals surface area contributed by atoms with Gasteiger partial charge in [0.25, 0.3) is 0 Å². The largest absolute Gasteiger partial charge is 0.356 e. The molecule has 20 heavy (non-hydrogen) atoms. The molecule has 0 N–H and O–H groups in total. The fourth-order valence-electron chi connectivity index (χ4n) is 3.92. The molecule has 0 saturated heterocycles. The van der Waals surface area contributed by atoms with E-state index in [0.29, 0.717) is 11.7 Å². The number of carbonyl (C=O) groups excluding carboxylic acids is 1. The Balaban J connectivity index is 2.06. The maximum Gasteiger partial charge on any atom is 0.158 e. The first kappa shape index (κ1) is 15.7. The standard InChI is InChI=1S/C17H28O3/c1-12-8-9-14-13(6-5-7-16(19-3)20-4)15(18)10-11-17(12,14)2/h12,16H,5-11H2,1-4H3. The van der Waals surface area contributed by atoms with Gasteiger partial charge in [-0.1, -0.05) is 19.4 Å². The molecular formula is C17H28O3. The fourth-order valence-corrected chi connectivity index (χ4v) is 3.92. The highest BCUT2D eigenvalue weighted by Crippen LogP contribution is 2.54. The third-order valence-corrected chi connectivity index (χ3v) is 5.57. The number of Topliss-reactive ketones (excluding diaryl/α,β-unsaturated/α-hetero) is 1. The summed E-state index contributed by atoms with van der Waals surface area (Å²) >= 11 is 0. The van der Waals surface area contributed by atoms with Gasteiger partial charge in [-0.15, -0.1) is 0 Å². The molecule has 2 aliphatic rings. The predicted molar refractivity (Wildman–Crippen MR) is 79.4 cm³/mol. The molecule has 0 heterocycles. The van der Waals surface area contributed by atoms with Crippen LogP contribution < -0.4 is 0 Å². The van der Waals surface area contributed by atoms with Gasteiger partial charge in [0.2, 0.25) is 0 Å². The lowest BCUT2D eigenvalue weighted by Crippen LogP contribution is -2.29. The molecule has 114 valence electrons. The van der Waals surface area contributed by atoms with Gasteiger partial charge in [-0.25, -0.2) is 0 Å². The van der Waals surface area contributed by atoms with Gasteiger partial charge in [-0.3, -0.25) is 4.79 Å². The Hall–Kier alpha value is -0.670. The smallest absolute Gasteiger partial charge is 0.158 e. The molecular weight excluding hydrogens is 252 g/mol. The van der Waals surface area contributed by atoms with Crippen molar-refractivity contribution in [3.63, 3.8) is 0 Å². The zero-order valence-corrected chi connectivity index (χ0v) is 13.3. The van der Waals surface area contributed by atoms with Crippen molar-refractivity contribution in [2.45, 2.75) is 65.1 Å². The van der Waals surface area contributed by atoms with Crippen LogP contribution in [0.5, 0.6) is 0 Å². The topological polar surface area (TPSA) is 35.5 Å². The average molecular weight is 280 g/mol. The number of ketones is 1. The minimum atomic E-state index is -0.145. The minimum absolute atomic E-state index is 0.145. The van der Waals surface area contributed by atoms with Crippen LogP contribution in [0.2, 0.25) is 0 Å². The first-order valence-electron chi connectivity index (χ1n) is 7.84. The zero-order valence-electron chi connectivity index (χ0n) is 13.3. The summed E-state index contributed by atoms with van der Waals surface area (Å²) in [6.45, 7) is 4.70. The minimum Gasteiger partial charge on any atom is -0.356 e. The monoisotopic (exact) mass is 280 g/mol. The first-order valence-corrected chi connectivity index (χ1v) is 7.84. The Morgan fingerprint density at radius 2 is 2.00 bits per heavy atom. The normalized spacial score (nSPS) is 30.2. The Morgan fingerprint density at radius 3 is 2.65 bits per heavy atom. The first-order chi connectivity index (χ1) is 9.52. The van der Waals surface area contributed by atoms with E-state index >= 15 is 0 Å². The molecule has 0 aromatic rings. The van der Waals surface area contributed by atoms with Crippen molar-refractivity contribution in [1.82, 2.24) is 0 Å². The Labute approximate surface area is 122 Å². The van der Waals surface area contributed by atoms with Crippen LogP contribution in [0.1, 0.15) is 58.8 Å². The van der Waals surface area contributed by atoms with Crippen molar-refractivity contribution in [3.8, 4) is 0 Å². The van der Waals surface area contributed by atoms with Crippen molar-refractivity contribution in [2.24, 2.45) is 11.3 Å². The summed E-state index contributed by atoms with van der Waals surface area (Å²) in [5.41, 5.74) is 2.88. The summed E-state index contributed by atoms with van der Waals surface area (Å²) in [5, 5.41) is 0. The molecule has 0 aromatic heterocycles. The number of ether oxygens (including phenoxy) is 2. The predicted octanol–water partition coefficient (Wildman–Crippen LogP) is 3.87. The zero-order chi connectivity index (χ0) is 14.8. The van der Waals surface area contributed by atoms with E-state index in [0.717, 1.165) is 44.1 Å². The molecule has 1 fully saturated rings. The number of methoxy groups -OCH3 is 2. The van der Waals surface area contributed by atoms with Gasteiger partial charge in [0, 0.05) is 20.6 Å². The number of carbonyl (C=O) groups is 1. The second-order valence-electron chi connectivity index (χ2n) is 6.53. The highest BCUT2D eigenvalue weighted by atomic mass is 16.7. The molecule has 3 nitrogen and oxygen atoms in total. The number of hydrogen-bond acceptors (Lipinski definition) is 3. The van der Waals surface area contributed by atoms with Gasteiger partial charge in [-0.2, -0.15) is 0 Å². The molecule has 0 aromatic carbocycles. The molecule has 1 saturated carbocycles. The summed E-state index contributed by atoms with van der Waals surface area (Å²) in [4.78, 5) is 12.3. The van der Waals surface area contributed by atoms with Gasteiger partial charge < -0.3 is 9.47 Å². The number of allylic oxidation sites excluding steroid dienone is 2. The van der Waals surface area contributed by atoms with Crippen LogP contribution in [0, 0.1) is 11.3 Å². The number of fused-ring (bicyclic) bond motifs is 1. The summed E-state index contributed by atoms with van der Waals surface area (Å²) < 4.78 is 10.4. The molecule has 2 unspecified atom stereocenters. The fraction of sp³-hybridized carbons (Fsp3) is 0.824. The van der Waals surface area contributed by atoms with Crippen LogP contribution in [0.4, 0.5) is 0 Å². The molecule has 3 heteroatoms. The van der Waals surface area contributed by atoms with E-state index in [-0.39, 0.29) is 11.7 Å². The van der Waals surface area contributed by atoms with Gasteiger partial charge in [0.15, 0.2) is 12.1 Å². The number of hydrogen-bond donors (Lipinski definition) is 0. The van der Waals surface area contributed by atoms with E-state index in [1.54, 1.807) is 14.2 Å². The van der Waals surface area contributed by atoms with Crippen molar-refractivity contribution in [3.05, 3.63) is 11.1 Å². The molecule has 0 aliphatic heterocycles. The van der Waals surface area contributed by atoms with Crippen LogP contribution in [0.15, 0.2) is 11.1 Å². The average Bonchev–Trinajstić information content (AvgIpc) is 2.74. The molecule has 0 spiro atoms. The third-order valence-electron chi connectivity index (χ3n) is 5.57. The molecule has 2 aliphatic carbocycles. The summed E-state index contributed by atoms with van der Waals surface area (Å²) in [6.07, 6.45) is 6.69. The molecule has 0 bridgehead atoms. The quantitative estimate of drug-likeness (QED) is 0.693. The second-order valence-corrected chi connectivity index (χ2v) is 6.53. The van der Waals surface area contributed by atoms with Crippen molar-refractivity contribution in [1.29, 1.82) is 0 Å². The van der Waals surface area contributed by atoms with E-state index in [1.165, 1.54) is 12.0 Å². The van der Waals surface area contributed by atoms with Gasteiger partial charge in [-0.05, 0) is 55.4 Å². The lowest BCUT2D eigenvalue weighted by molar-refractivity contribution is -0.117. The van der Waals surface area contributed by atoms with Crippen LogP contribution >= 0.6 is 0 Å². The highest BCUT2D eigenvalue weighted by molar-refractivity contribution is 5.97. The van der Waals surface area contributed by atoms with Gasteiger partial charge in [0.05, 0.1) is 0 Å². The molecule has 2 atom stereocenters. The summed E-state index contributed by atoms with van der Waals surface area (Å²) in [7, 11) is 3.33. The highest BCUT2D eigenvalue weighted by Gasteiger charge is 2.44. The molecule has 0 radical (unpaired) electrons. The maximum absolute atomic E-state index is 12.3. The van der Waals surface area contributed by atoms with Crippen molar-refractivity contribution in [2.75, 3.05) is 14.2 Å². The van der Waals surface area contributed by atoms with Crippen molar-refractivity contribution < 1.29 is 14.3 Å². The maximum atomic E-state index is 12.3. The van der Waals surface area contributed by atoms with Crippen LogP contribution in [-0.4, -0.2) is 26.3 Å². The van der Waals surface area contributed by atoms with E-state index in [2.05, 4.69) is 13.8 Å². The van der Waals surface area contributed by atoms with Crippen molar-refractivity contribution >= 4 is 5.78 Å². The van der Waals surface area contributed by atoms with E-state index < -0.39 is 0 Å². The Bertz CT molecular complexity index is 395. The number of rotatable bonds is 6. The third kappa shape index (κ3) is 2.84. The lowest BCUT2D eigenvalue weighted by Gasteiger charge is -2.36. The van der Waals surface area contributed by atoms with Crippen LogP contribution in [-0.2, 0) is 14.3 Å². The summed E-state index contributed by atoms with van der Waals surface area (Å²) in [6, 6.07) is 0. The lowest BCUT2D eigenvalue weighted by atomic mass is 9.68. The van der Waals surface area contributed by atoms with Gasteiger partial charge >= 0.3 is 0 Å². The molecule has 0 amide bonds. The molecule has 2 rings (SSSR count). The Morgan fingerprint density at radius 1 is 1.30 bits per heavy atom. The van der Waals surface area contributed by atoms with E-state index in [9.17, 15) is 4.79 Å². The van der Waals surface area contributed by atoms with Crippen LogP contribution in [0.3, 0.4) is 0 Å². The second kappa shape index (κ2) is 6.40. The summed E-state index contributed by atoms with van der Waals surface area (Å²) in [5.74, 6) is 1.10. The van der Waals surface area contributed by atoms with E-state index in [4.69, 9.17) is 9.47 Å².